The zero-order valence-corrected chi connectivity index (χ0v) is 21.3. The SMILES string of the molecule is CCCOc1ccc(Br)cc1C(=O)NC(=S)Nc1cccc(C(=O)NC(C)c2ccccc2)c1. The predicted molar refractivity (Wildman–Crippen MR) is 142 cm³/mol. The van der Waals surface area contributed by atoms with Crippen LogP contribution in [-0.4, -0.2) is 23.5 Å². The lowest BCUT2D eigenvalue weighted by Crippen LogP contribution is -2.34. The molecule has 8 heteroatoms. The molecule has 2 amide bonds. The molecule has 3 aromatic carbocycles. The highest BCUT2D eigenvalue weighted by Gasteiger charge is 2.16. The molecule has 34 heavy (non-hydrogen) atoms. The standard InChI is InChI=1S/C26H26BrN3O3S/c1-3-14-33-23-13-12-20(27)16-22(23)25(32)30-26(34)29-21-11-7-10-19(15-21)24(31)28-17(2)18-8-5-4-6-9-18/h4-13,15-17H,3,14H2,1-2H3,(H,28,31)(H2,29,30,32,34). The van der Waals surface area contributed by atoms with Crippen LogP contribution in [0.25, 0.3) is 0 Å². The maximum atomic E-state index is 12.8. The number of carbonyl (C=O) groups excluding carboxylic acids is 2. The number of amides is 2. The average Bonchev–Trinajstić information content (AvgIpc) is 2.83. The Hall–Kier alpha value is -3.23. The van der Waals surface area contributed by atoms with E-state index >= 15 is 0 Å². The van der Waals surface area contributed by atoms with Gasteiger partial charge in [0, 0.05) is 15.7 Å². The summed E-state index contributed by atoms with van der Waals surface area (Å²) in [4.78, 5) is 25.5. The molecule has 0 aliphatic heterocycles. The molecule has 0 saturated carbocycles. The molecule has 0 bridgehead atoms. The molecule has 0 saturated heterocycles. The molecule has 3 N–H and O–H groups in total. The molecule has 0 radical (unpaired) electrons. The summed E-state index contributed by atoms with van der Waals surface area (Å²) in [7, 11) is 0. The summed E-state index contributed by atoms with van der Waals surface area (Å²) in [5.41, 5.74) is 2.45. The lowest BCUT2D eigenvalue weighted by molar-refractivity contribution is 0.0937. The molecule has 0 heterocycles. The fourth-order valence-electron chi connectivity index (χ4n) is 3.19. The van der Waals surface area contributed by atoms with Crippen molar-refractivity contribution in [2.75, 3.05) is 11.9 Å². The first-order valence-electron chi connectivity index (χ1n) is 10.9. The van der Waals surface area contributed by atoms with E-state index in [1.165, 1.54) is 0 Å². The van der Waals surface area contributed by atoms with Gasteiger partial charge in [0.1, 0.15) is 5.75 Å². The van der Waals surface area contributed by atoms with E-state index in [9.17, 15) is 9.59 Å². The van der Waals surface area contributed by atoms with E-state index in [0.717, 1.165) is 16.5 Å². The van der Waals surface area contributed by atoms with Crippen molar-refractivity contribution in [1.82, 2.24) is 10.6 Å². The largest absolute Gasteiger partial charge is 0.493 e. The van der Waals surface area contributed by atoms with Crippen LogP contribution in [0.5, 0.6) is 5.75 Å². The minimum Gasteiger partial charge on any atom is -0.493 e. The highest BCUT2D eigenvalue weighted by atomic mass is 79.9. The summed E-state index contributed by atoms with van der Waals surface area (Å²) in [6, 6.07) is 21.8. The highest BCUT2D eigenvalue weighted by Crippen LogP contribution is 2.23. The van der Waals surface area contributed by atoms with E-state index in [0.29, 0.717) is 29.2 Å². The van der Waals surface area contributed by atoms with E-state index in [1.807, 2.05) is 50.2 Å². The summed E-state index contributed by atoms with van der Waals surface area (Å²) >= 11 is 8.71. The van der Waals surface area contributed by atoms with Gasteiger partial charge >= 0.3 is 0 Å². The summed E-state index contributed by atoms with van der Waals surface area (Å²) in [5.74, 6) is -0.117. The van der Waals surface area contributed by atoms with Crippen LogP contribution >= 0.6 is 28.1 Å². The zero-order chi connectivity index (χ0) is 24.5. The van der Waals surface area contributed by atoms with Crippen LogP contribution in [0.4, 0.5) is 5.69 Å². The molecule has 176 valence electrons. The molecular formula is C26H26BrN3O3S. The Kier molecular flexibility index (Phi) is 9.18. The number of ether oxygens (including phenoxy) is 1. The van der Waals surface area contributed by atoms with Gasteiger partial charge in [0.25, 0.3) is 11.8 Å². The van der Waals surface area contributed by atoms with E-state index in [1.54, 1.807) is 36.4 Å². The van der Waals surface area contributed by atoms with Crippen molar-refractivity contribution in [3.8, 4) is 5.75 Å². The van der Waals surface area contributed by atoms with E-state index < -0.39 is 5.91 Å². The Balaban J connectivity index is 1.64. The molecule has 6 nitrogen and oxygen atoms in total. The quantitative estimate of drug-likeness (QED) is 0.312. The third-order valence-electron chi connectivity index (χ3n) is 4.90. The fraction of sp³-hybridized carbons (Fsp3) is 0.192. The molecule has 0 spiro atoms. The summed E-state index contributed by atoms with van der Waals surface area (Å²) < 4.78 is 6.43. The predicted octanol–water partition coefficient (Wildman–Crippen LogP) is 5.86. The maximum Gasteiger partial charge on any atom is 0.261 e. The Bertz CT molecular complexity index is 1170. The second kappa shape index (κ2) is 12.3. The molecule has 3 aromatic rings. The van der Waals surface area contributed by atoms with Crippen LogP contribution in [0.3, 0.4) is 0 Å². The van der Waals surface area contributed by atoms with Gasteiger partial charge in [-0.2, -0.15) is 0 Å². The number of rotatable bonds is 8. The number of nitrogens with one attached hydrogen (secondary N) is 3. The first-order valence-corrected chi connectivity index (χ1v) is 12.1. The molecule has 0 aliphatic carbocycles. The third-order valence-corrected chi connectivity index (χ3v) is 5.60. The molecule has 0 fully saturated rings. The number of anilines is 1. The van der Waals surface area contributed by atoms with E-state index in [4.69, 9.17) is 17.0 Å². The first-order chi connectivity index (χ1) is 16.4. The van der Waals surface area contributed by atoms with Crippen molar-refractivity contribution in [1.29, 1.82) is 0 Å². The van der Waals surface area contributed by atoms with E-state index in [2.05, 4.69) is 31.9 Å². The molecule has 1 unspecified atom stereocenters. The van der Waals surface area contributed by atoms with Gasteiger partial charge in [0.2, 0.25) is 0 Å². The van der Waals surface area contributed by atoms with E-state index in [-0.39, 0.29) is 17.1 Å². The summed E-state index contributed by atoms with van der Waals surface area (Å²) in [6.07, 6.45) is 0.825. The van der Waals surface area contributed by atoms with Crippen molar-refractivity contribution >= 4 is 50.8 Å². The fourth-order valence-corrected chi connectivity index (χ4v) is 3.77. The van der Waals surface area contributed by atoms with Gasteiger partial charge in [0.05, 0.1) is 18.2 Å². The van der Waals surface area contributed by atoms with Crippen LogP contribution in [0, 0.1) is 0 Å². The molecule has 1 atom stereocenters. The van der Waals surface area contributed by atoms with Crippen LogP contribution in [0.15, 0.2) is 77.3 Å². The lowest BCUT2D eigenvalue weighted by atomic mass is 10.1. The van der Waals surface area contributed by atoms with Gasteiger partial charge in [-0.05, 0) is 67.5 Å². The number of hydrogen-bond acceptors (Lipinski definition) is 4. The van der Waals surface area contributed by atoms with Crippen molar-refractivity contribution in [3.05, 3.63) is 94.0 Å². The van der Waals surface area contributed by atoms with Crippen molar-refractivity contribution in [2.24, 2.45) is 0 Å². The van der Waals surface area contributed by atoms with Crippen molar-refractivity contribution < 1.29 is 14.3 Å². The monoisotopic (exact) mass is 539 g/mol. The average molecular weight is 540 g/mol. The second-order valence-corrected chi connectivity index (χ2v) is 8.91. The smallest absolute Gasteiger partial charge is 0.261 e. The second-order valence-electron chi connectivity index (χ2n) is 7.58. The minimum atomic E-state index is -0.393. The maximum absolute atomic E-state index is 12.8. The summed E-state index contributed by atoms with van der Waals surface area (Å²) in [5, 5.41) is 8.74. The van der Waals surface area contributed by atoms with Gasteiger partial charge < -0.3 is 15.4 Å². The van der Waals surface area contributed by atoms with Crippen LogP contribution in [0.2, 0.25) is 0 Å². The molecule has 0 aliphatic rings. The number of hydrogen-bond donors (Lipinski definition) is 3. The van der Waals surface area contributed by atoms with Crippen LogP contribution < -0.4 is 20.7 Å². The van der Waals surface area contributed by atoms with Gasteiger partial charge in [-0.1, -0.05) is 59.3 Å². The van der Waals surface area contributed by atoms with Gasteiger partial charge in [-0.3, -0.25) is 14.9 Å². The number of halogens is 1. The number of benzene rings is 3. The lowest BCUT2D eigenvalue weighted by Gasteiger charge is -2.15. The zero-order valence-electron chi connectivity index (χ0n) is 18.9. The first kappa shape index (κ1) is 25.4. The van der Waals surface area contributed by atoms with Crippen LogP contribution in [0.1, 0.15) is 52.6 Å². The van der Waals surface area contributed by atoms with Crippen molar-refractivity contribution in [3.63, 3.8) is 0 Å². The highest BCUT2D eigenvalue weighted by molar-refractivity contribution is 9.10. The molecular weight excluding hydrogens is 514 g/mol. The Morgan fingerprint density at radius 1 is 1.00 bits per heavy atom. The Morgan fingerprint density at radius 2 is 1.76 bits per heavy atom. The van der Waals surface area contributed by atoms with Crippen LogP contribution in [-0.2, 0) is 0 Å². The van der Waals surface area contributed by atoms with Gasteiger partial charge in [-0.25, -0.2) is 0 Å². The third kappa shape index (κ3) is 7.13. The molecule has 3 rings (SSSR count). The Morgan fingerprint density at radius 3 is 2.50 bits per heavy atom. The Labute approximate surface area is 213 Å². The normalized spacial score (nSPS) is 11.3. The topological polar surface area (TPSA) is 79.5 Å². The minimum absolute atomic E-state index is 0.113. The number of carbonyl (C=O) groups is 2. The number of thiocarbonyl (C=S) groups is 1. The molecule has 0 aromatic heterocycles. The van der Waals surface area contributed by atoms with Crippen molar-refractivity contribution in [2.45, 2.75) is 26.3 Å². The van der Waals surface area contributed by atoms with Gasteiger partial charge in [0.15, 0.2) is 5.11 Å². The summed E-state index contributed by atoms with van der Waals surface area (Å²) in [6.45, 7) is 4.43. The van der Waals surface area contributed by atoms with Gasteiger partial charge in [-0.15, -0.1) is 0 Å².